The van der Waals surface area contributed by atoms with Crippen molar-refractivity contribution in [2.24, 2.45) is 5.41 Å². The molecule has 0 unspecified atom stereocenters. The summed E-state index contributed by atoms with van der Waals surface area (Å²) in [5.41, 5.74) is 2.82. The third-order valence-corrected chi connectivity index (χ3v) is 5.40. The SMILES string of the molecule is CC1(C)CCC(n2c(CCCl)nc3cc(Br)ccc32)CC1. The molecule has 0 bridgehead atoms. The fourth-order valence-electron chi connectivity index (χ4n) is 3.43. The molecule has 0 atom stereocenters. The van der Waals surface area contributed by atoms with Gasteiger partial charge in [-0.05, 0) is 49.3 Å². The Hall–Kier alpha value is -0.540. The molecule has 1 aromatic heterocycles. The van der Waals surface area contributed by atoms with Crippen LogP contribution in [0.25, 0.3) is 11.0 Å². The number of aromatic nitrogens is 2. The predicted molar refractivity (Wildman–Crippen MR) is 93.1 cm³/mol. The molecular weight excluding hydrogens is 348 g/mol. The van der Waals surface area contributed by atoms with Crippen LogP contribution in [0.15, 0.2) is 22.7 Å². The van der Waals surface area contributed by atoms with Gasteiger partial charge in [0.2, 0.25) is 0 Å². The van der Waals surface area contributed by atoms with Crippen molar-refractivity contribution in [2.45, 2.75) is 52.0 Å². The lowest BCUT2D eigenvalue weighted by Gasteiger charge is -2.35. The van der Waals surface area contributed by atoms with Crippen LogP contribution < -0.4 is 0 Å². The van der Waals surface area contributed by atoms with Crippen molar-refractivity contribution in [3.8, 4) is 0 Å². The van der Waals surface area contributed by atoms with Crippen LogP contribution >= 0.6 is 27.5 Å². The first-order valence-electron chi connectivity index (χ1n) is 7.72. The second-order valence-corrected chi connectivity index (χ2v) is 8.16. The molecule has 0 amide bonds. The van der Waals surface area contributed by atoms with Gasteiger partial charge in [0.05, 0.1) is 11.0 Å². The topological polar surface area (TPSA) is 17.8 Å². The maximum Gasteiger partial charge on any atom is 0.111 e. The molecule has 0 spiro atoms. The minimum atomic E-state index is 0.489. The number of imidazole rings is 1. The Bertz CT molecular complexity index is 638. The van der Waals surface area contributed by atoms with E-state index in [0.29, 0.717) is 17.3 Å². The highest BCUT2D eigenvalue weighted by Gasteiger charge is 2.29. The third-order valence-electron chi connectivity index (χ3n) is 4.72. The largest absolute Gasteiger partial charge is 0.325 e. The number of aryl methyl sites for hydroxylation is 1. The van der Waals surface area contributed by atoms with Gasteiger partial charge >= 0.3 is 0 Å². The van der Waals surface area contributed by atoms with Crippen LogP contribution in [0.1, 0.15) is 51.4 Å². The normalized spacial score (nSPS) is 19.2. The van der Waals surface area contributed by atoms with Crippen molar-refractivity contribution in [3.05, 3.63) is 28.5 Å². The van der Waals surface area contributed by atoms with Gasteiger partial charge in [-0.1, -0.05) is 29.8 Å². The van der Waals surface area contributed by atoms with Crippen molar-refractivity contribution in [1.82, 2.24) is 9.55 Å². The summed E-state index contributed by atoms with van der Waals surface area (Å²) in [7, 11) is 0. The number of alkyl halides is 1. The van der Waals surface area contributed by atoms with E-state index in [1.165, 1.54) is 31.2 Å². The van der Waals surface area contributed by atoms with Crippen molar-refractivity contribution < 1.29 is 0 Å². The van der Waals surface area contributed by atoms with E-state index in [1.807, 2.05) is 0 Å². The third kappa shape index (κ3) is 3.14. The van der Waals surface area contributed by atoms with Crippen LogP contribution in [-0.2, 0) is 6.42 Å². The average molecular weight is 370 g/mol. The Morgan fingerprint density at radius 2 is 2.05 bits per heavy atom. The molecule has 2 aromatic rings. The molecule has 1 fully saturated rings. The molecule has 1 aliphatic carbocycles. The molecule has 0 aliphatic heterocycles. The number of rotatable bonds is 3. The van der Waals surface area contributed by atoms with Crippen LogP contribution in [0.4, 0.5) is 0 Å². The molecule has 0 saturated heterocycles. The first-order chi connectivity index (χ1) is 10.00. The van der Waals surface area contributed by atoms with Crippen molar-refractivity contribution in [1.29, 1.82) is 0 Å². The Balaban J connectivity index is 2.01. The standard InChI is InChI=1S/C17H22BrClN2/c1-17(2)8-5-13(6-9-17)21-15-4-3-12(18)11-14(15)20-16(21)7-10-19/h3-4,11,13H,5-10H2,1-2H3. The quantitative estimate of drug-likeness (QED) is 0.632. The molecular formula is C17H22BrClN2. The Labute approximate surface area is 140 Å². The second kappa shape index (κ2) is 5.92. The molecule has 1 aromatic carbocycles. The monoisotopic (exact) mass is 368 g/mol. The van der Waals surface area contributed by atoms with E-state index in [2.05, 4.69) is 52.5 Å². The zero-order valence-electron chi connectivity index (χ0n) is 12.7. The zero-order chi connectivity index (χ0) is 15.0. The second-order valence-electron chi connectivity index (χ2n) is 6.87. The number of benzene rings is 1. The summed E-state index contributed by atoms with van der Waals surface area (Å²) >= 11 is 9.53. The Kier molecular flexibility index (Phi) is 4.33. The van der Waals surface area contributed by atoms with Gasteiger partial charge in [-0.3, -0.25) is 0 Å². The zero-order valence-corrected chi connectivity index (χ0v) is 15.0. The molecule has 1 saturated carbocycles. The average Bonchev–Trinajstić information content (AvgIpc) is 2.76. The van der Waals surface area contributed by atoms with Gasteiger partial charge in [-0.25, -0.2) is 4.98 Å². The fourth-order valence-corrected chi connectivity index (χ4v) is 3.95. The fraction of sp³-hybridized carbons (Fsp3) is 0.588. The molecule has 0 radical (unpaired) electrons. The van der Waals surface area contributed by atoms with Crippen molar-refractivity contribution in [2.75, 3.05) is 5.88 Å². The molecule has 0 N–H and O–H groups in total. The van der Waals surface area contributed by atoms with Gasteiger partial charge in [-0.2, -0.15) is 0 Å². The maximum absolute atomic E-state index is 5.99. The summed E-state index contributed by atoms with van der Waals surface area (Å²) in [5, 5.41) is 0. The van der Waals surface area contributed by atoms with E-state index in [4.69, 9.17) is 16.6 Å². The number of fused-ring (bicyclic) bond motifs is 1. The highest BCUT2D eigenvalue weighted by molar-refractivity contribution is 9.10. The predicted octanol–water partition coefficient (Wildman–Crippen LogP) is 5.72. The summed E-state index contributed by atoms with van der Waals surface area (Å²) in [4.78, 5) is 4.82. The first kappa shape index (κ1) is 15.4. The van der Waals surface area contributed by atoms with E-state index in [9.17, 15) is 0 Å². The van der Waals surface area contributed by atoms with Gasteiger partial charge < -0.3 is 4.57 Å². The molecule has 3 rings (SSSR count). The Morgan fingerprint density at radius 1 is 1.33 bits per heavy atom. The summed E-state index contributed by atoms with van der Waals surface area (Å²) in [6.45, 7) is 4.76. The van der Waals surface area contributed by atoms with E-state index < -0.39 is 0 Å². The summed E-state index contributed by atoms with van der Waals surface area (Å²) in [6, 6.07) is 6.97. The van der Waals surface area contributed by atoms with E-state index in [1.54, 1.807) is 0 Å². The first-order valence-corrected chi connectivity index (χ1v) is 9.05. The number of hydrogen-bond donors (Lipinski definition) is 0. The van der Waals surface area contributed by atoms with Gasteiger partial charge in [0.25, 0.3) is 0 Å². The van der Waals surface area contributed by atoms with Gasteiger partial charge in [0.15, 0.2) is 0 Å². The molecule has 1 aliphatic rings. The van der Waals surface area contributed by atoms with E-state index in [0.717, 1.165) is 22.2 Å². The van der Waals surface area contributed by atoms with Gasteiger partial charge in [0, 0.05) is 22.8 Å². The minimum Gasteiger partial charge on any atom is -0.325 e. The van der Waals surface area contributed by atoms with Gasteiger partial charge in [-0.15, -0.1) is 11.6 Å². The Morgan fingerprint density at radius 3 is 2.71 bits per heavy atom. The lowest BCUT2D eigenvalue weighted by Crippen LogP contribution is -2.24. The number of halogens is 2. The van der Waals surface area contributed by atoms with Crippen LogP contribution in [0.2, 0.25) is 0 Å². The highest BCUT2D eigenvalue weighted by Crippen LogP contribution is 2.41. The number of hydrogen-bond acceptors (Lipinski definition) is 1. The molecule has 2 nitrogen and oxygen atoms in total. The highest BCUT2D eigenvalue weighted by atomic mass is 79.9. The smallest absolute Gasteiger partial charge is 0.111 e. The number of nitrogens with zero attached hydrogens (tertiary/aromatic N) is 2. The maximum atomic E-state index is 5.99. The lowest BCUT2D eigenvalue weighted by atomic mass is 9.75. The van der Waals surface area contributed by atoms with Crippen LogP contribution in [-0.4, -0.2) is 15.4 Å². The van der Waals surface area contributed by atoms with E-state index in [-0.39, 0.29) is 0 Å². The summed E-state index contributed by atoms with van der Waals surface area (Å²) < 4.78 is 3.54. The van der Waals surface area contributed by atoms with Gasteiger partial charge in [0.1, 0.15) is 5.82 Å². The molecule has 21 heavy (non-hydrogen) atoms. The minimum absolute atomic E-state index is 0.489. The lowest BCUT2D eigenvalue weighted by molar-refractivity contribution is 0.194. The molecule has 114 valence electrons. The summed E-state index contributed by atoms with van der Waals surface area (Å²) in [5.74, 6) is 1.77. The van der Waals surface area contributed by atoms with Crippen LogP contribution in [0.5, 0.6) is 0 Å². The van der Waals surface area contributed by atoms with E-state index >= 15 is 0 Å². The van der Waals surface area contributed by atoms with Crippen molar-refractivity contribution in [3.63, 3.8) is 0 Å². The molecule has 4 heteroatoms. The summed E-state index contributed by atoms with van der Waals surface area (Å²) in [6.07, 6.45) is 5.89. The van der Waals surface area contributed by atoms with Crippen molar-refractivity contribution >= 4 is 38.6 Å². The van der Waals surface area contributed by atoms with Crippen LogP contribution in [0, 0.1) is 5.41 Å². The molecule has 1 heterocycles. The van der Waals surface area contributed by atoms with Crippen LogP contribution in [0.3, 0.4) is 0 Å².